The number of nitrogens with one attached hydrogen (secondary N) is 2. The smallest absolute Gasteiger partial charge is 0.268 e. The highest BCUT2D eigenvalue weighted by atomic mass is 79.9. The Kier molecular flexibility index (Phi) is 3.28. The van der Waals surface area contributed by atoms with E-state index in [4.69, 9.17) is 4.74 Å². The summed E-state index contributed by atoms with van der Waals surface area (Å²) in [5.74, 6) is -0.149. The first-order valence-corrected chi connectivity index (χ1v) is 8.03. The first kappa shape index (κ1) is 14.5. The minimum atomic E-state index is -0.497. The normalized spacial score (nSPS) is 16.3. The van der Waals surface area contributed by atoms with Crippen molar-refractivity contribution < 1.29 is 9.53 Å². The van der Waals surface area contributed by atoms with Crippen LogP contribution in [0.3, 0.4) is 0 Å². The first-order chi connectivity index (χ1) is 11.1. The maximum absolute atomic E-state index is 12.7. The Hall–Kier alpha value is -2.12. The average molecular weight is 375 g/mol. The molecular formula is C16H15BrN4O2. The van der Waals surface area contributed by atoms with Gasteiger partial charge in [0.1, 0.15) is 11.2 Å². The molecule has 1 aliphatic heterocycles. The van der Waals surface area contributed by atoms with Gasteiger partial charge in [0.25, 0.3) is 5.91 Å². The summed E-state index contributed by atoms with van der Waals surface area (Å²) in [6.07, 6.45) is 3.68. The van der Waals surface area contributed by atoms with E-state index in [0.29, 0.717) is 18.9 Å². The summed E-state index contributed by atoms with van der Waals surface area (Å²) in [5.41, 5.74) is 1.92. The third-order valence-electron chi connectivity index (χ3n) is 4.13. The molecule has 0 unspecified atom stereocenters. The van der Waals surface area contributed by atoms with Crippen LogP contribution in [0.4, 0.5) is 0 Å². The molecule has 118 valence electrons. The average Bonchev–Trinajstić information content (AvgIpc) is 3.08. The van der Waals surface area contributed by atoms with Crippen molar-refractivity contribution in [1.29, 1.82) is 0 Å². The summed E-state index contributed by atoms with van der Waals surface area (Å²) in [5, 5.41) is 8.27. The monoisotopic (exact) mass is 374 g/mol. The number of hydrogen-bond donors (Lipinski definition) is 2. The van der Waals surface area contributed by atoms with Crippen LogP contribution in [0, 0.1) is 0 Å². The SMILES string of the molecule is Cn1cc(C2(NC(=O)c3cc4cc(Br)ccc4[nH]3)COC2)cn1. The van der Waals surface area contributed by atoms with E-state index in [9.17, 15) is 4.79 Å². The van der Waals surface area contributed by atoms with Gasteiger partial charge in [0, 0.05) is 34.2 Å². The van der Waals surface area contributed by atoms with Gasteiger partial charge in [-0.25, -0.2) is 0 Å². The molecule has 1 aromatic carbocycles. The number of nitrogens with zero attached hydrogens (tertiary/aromatic N) is 2. The van der Waals surface area contributed by atoms with Crippen molar-refractivity contribution in [3.05, 3.63) is 52.4 Å². The van der Waals surface area contributed by atoms with Crippen molar-refractivity contribution in [3.63, 3.8) is 0 Å². The van der Waals surface area contributed by atoms with E-state index in [0.717, 1.165) is 20.9 Å². The second-order valence-corrected chi connectivity index (χ2v) is 6.76. The predicted molar refractivity (Wildman–Crippen MR) is 89.2 cm³/mol. The minimum Gasteiger partial charge on any atom is -0.376 e. The topological polar surface area (TPSA) is 71.9 Å². The number of aromatic nitrogens is 3. The maximum Gasteiger partial charge on any atom is 0.268 e. The molecule has 0 bridgehead atoms. The largest absolute Gasteiger partial charge is 0.376 e. The van der Waals surface area contributed by atoms with Crippen molar-refractivity contribution in [1.82, 2.24) is 20.1 Å². The Balaban J connectivity index is 1.63. The summed E-state index contributed by atoms with van der Waals surface area (Å²) in [4.78, 5) is 15.8. The van der Waals surface area contributed by atoms with Gasteiger partial charge in [-0.15, -0.1) is 0 Å². The maximum atomic E-state index is 12.7. The van der Waals surface area contributed by atoms with Gasteiger partial charge in [-0.1, -0.05) is 15.9 Å². The fraction of sp³-hybridized carbons (Fsp3) is 0.250. The highest BCUT2D eigenvalue weighted by Gasteiger charge is 2.43. The van der Waals surface area contributed by atoms with E-state index in [1.807, 2.05) is 37.5 Å². The molecule has 0 spiro atoms. The van der Waals surface area contributed by atoms with Crippen LogP contribution in [-0.2, 0) is 17.3 Å². The fourth-order valence-electron chi connectivity index (χ4n) is 2.80. The quantitative estimate of drug-likeness (QED) is 0.738. The zero-order chi connectivity index (χ0) is 16.0. The van der Waals surface area contributed by atoms with Gasteiger partial charge in [-0.2, -0.15) is 5.10 Å². The van der Waals surface area contributed by atoms with E-state index in [1.54, 1.807) is 10.9 Å². The number of benzene rings is 1. The number of carbonyl (C=O) groups is 1. The second-order valence-electron chi connectivity index (χ2n) is 5.85. The van der Waals surface area contributed by atoms with E-state index in [-0.39, 0.29) is 5.91 Å². The van der Waals surface area contributed by atoms with E-state index in [2.05, 4.69) is 31.3 Å². The number of carbonyl (C=O) groups excluding carboxylic acids is 1. The van der Waals surface area contributed by atoms with Crippen LogP contribution < -0.4 is 5.32 Å². The Morgan fingerprint density at radius 3 is 2.91 bits per heavy atom. The lowest BCUT2D eigenvalue weighted by Gasteiger charge is -2.41. The molecule has 0 saturated carbocycles. The molecule has 6 nitrogen and oxygen atoms in total. The molecule has 1 amide bonds. The number of halogens is 1. The molecule has 3 heterocycles. The van der Waals surface area contributed by atoms with Gasteiger partial charge in [0.05, 0.1) is 19.4 Å². The Bertz CT molecular complexity index is 895. The van der Waals surface area contributed by atoms with E-state index < -0.39 is 5.54 Å². The number of aromatic amines is 1. The van der Waals surface area contributed by atoms with Crippen molar-refractivity contribution in [2.45, 2.75) is 5.54 Å². The number of fused-ring (bicyclic) bond motifs is 1. The van der Waals surface area contributed by atoms with Gasteiger partial charge < -0.3 is 15.0 Å². The number of hydrogen-bond acceptors (Lipinski definition) is 3. The standard InChI is InChI=1S/C16H15BrN4O2/c1-21-7-11(6-18-21)16(8-23-9-16)20-15(22)14-5-10-4-12(17)2-3-13(10)19-14/h2-7,19H,8-9H2,1H3,(H,20,22). The molecule has 3 aromatic rings. The highest BCUT2D eigenvalue weighted by molar-refractivity contribution is 9.10. The fourth-order valence-corrected chi connectivity index (χ4v) is 3.17. The second kappa shape index (κ2) is 5.21. The van der Waals surface area contributed by atoms with Gasteiger partial charge in [-0.05, 0) is 24.3 Å². The molecule has 1 saturated heterocycles. The van der Waals surface area contributed by atoms with Crippen molar-refractivity contribution in [3.8, 4) is 0 Å². The number of ether oxygens (including phenoxy) is 1. The molecule has 23 heavy (non-hydrogen) atoms. The first-order valence-electron chi connectivity index (χ1n) is 7.23. The summed E-state index contributed by atoms with van der Waals surface area (Å²) < 4.78 is 8.05. The van der Waals surface area contributed by atoms with Gasteiger partial charge in [0.15, 0.2) is 0 Å². The zero-order valence-corrected chi connectivity index (χ0v) is 14.1. The van der Waals surface area contributed by atoms with Crippen molar-refractivity contribution in [2.75, 3.05) is 13.2 Å². The number of amides is 1. The Morgan fingerprint density at radius 1 is 1.43 bits per heavy atom. The van der Waals surface area contributed by atoms with Gasteiger partial charge in [0.2, 0.25) is 0 Å². The minimum absolute atomic E-state index is 0.149. The molecule has 4 rings (SSSR count). The van der Waals surface area contributed by atoms with Crippen LogP contribution in [0.2, 0.25) is 0 Å². The Morgan fingerprint density at radius 2 is 2.26 bits per heavy atom. The van der Waals surface area contributed by atoms with Crippen molar-refractivity contribution >= 4 is 32.7 Å². The van der Waals surface area contributed by atoms with Crippen LogP contribution in [0.1, 0.15) is 16.1 Å². The number of aryl methyl sites for hydroxylation is 1. The zero-order valence-electron chi connectivity index (χ0n) is 12.5. The highest BCUT2D eigenvalue weighted by Crippen LogP contribution is 2.30. The third kappa shape index (κ3) is 2.46. The lowest BCUT2D eigenvalue weighted by Crippen LogP contribution is -2.59. The molecule has 1 aliphatic rings. The molecular weight excluding hydrogens is 360 g/mol. The lowest BCUT2D eigenvalue weighted by molar-refractivity contribution is -0.0734. The molecule has 2 N–H and O–H groups in total. The molecule has 0 atom stereocenters. The van der Waals surface area contributed by atoms with Crippen LogP contribution in [-0.4, -0.2) is 33.9 Å². The number of rotatable bonds is 3. The summed E-state index contributed by atoms with van der Waals surface area (Å²) >= 11 is 3.44. The molecule has 7 heteroatoms. The predicted octanol–water partition coefficient (Wildman–Crippen LogP) is 2.32. The van der Waals surface area contributed by atoms with Gasteiger partial charge >= 0.3 is 0 Å². The number of H-pyrrole nitrogens is 1. The van der Waals surface area contributed by atoms with Crippen LogP contribution in [0.25, 0.3) is 10.9 Å². The summed E-state index contributed by atoms with van der Waals surface area (Å²) in [6, 6.07) is 7.72. The van der Waals surface area contributed by atoms with E-state index in [1.165, 1.54) is 0 Å². The summed E-state index contributed by atoms with van der Waals surface area (Å²) in [7, 11) is 1.86. The molecule has 2 aromatic heterocycles. The van der Waals surface area contributed by atoms with Crippen LogP contribution in [0.15, 0.2) is 41.1 Å². The van der Waals surface area contributed by atoms with E-state index >= 15 is 0 Å². The van der Waals surface area contributed by atoms with Crippen LogP contribution in [0.5, 0.6) is 0 Å². The molecule has 1 fully saturated rings. The molecule has 0 radical (unpaired) electrons. The Labute approximate surface area is 140 Å². The van der Waals surface area contributed by atoms with Crippen LogP contribution >= 0.6 is 15.9 Å². The molecule has 0 aliphatic carbocycles. The summed E-state index contributed by atoms with van der Waals surface area (Å²) in [6.45, 7) is 0.909. The lowest BCUT2D eigenvalue weighted by atomic mass is 9.90. The third-order valence-corrected chi connectivity index (χ3v) is 4.63. The van der Waals surface area contributed by atoms with Crippen molar-refractivity contribution in [2.24, 2.45) is 7.05 Å². The van der Waals surface area contributed by atoms with Gasteiger partial charge in [-0.3, -0.25) is 9.48 Å².